The number of carboxylic acids is 2. The summed E-state index contributed by atoms with van der Waals surface area (Å²) >= 11 is 3.89. The second-order valence-corrected chi connectivity index (χ2v) is 3.96. The van der Waals surface area contributed by atoms with Gasteiger partial charge in [0, 0.05) is 29.3 Å². The van der Waals surface area contributed by atoms with E-state index in [0.717, 1.165) is 17.9 Å². The van der Waals surface area contributed by atoms with Gasteiger partial charge in [-0.25, -0.2) is 9.59 Å². The summed E-state index contributed by atoms with van der Waals surface area (Å²) in [5.74, 6) is -1.28. The van der Waals surface area contributed by atoms with Crippen LogP contribution in [0, 0.1) is 0 Å². The lowest BCUT2D eigenvalue weighted by atomic mass is 10.5. The minimum absolute atomic E-state index is 0.105. The molecule has 0 aliphatic heterocycles. The van der Waals surface area contributed by atoms with E-state index in [4.69, 9.17) is 31.5 Å². The Morgan fingerprint density at radius 1 is 1.05 bits per heavy atom. The third-order valence-corrected chi connectivity index (χ3v) is 1.36. The number of hydrogen-bond acceptors (Lipinski definition) is 7. The van der Waals surface area contributed by atoms with Crippen molar-refractivity contribution in [1.29, 1.82) is 0 Å². The molecule has 0 unspecified atom stereocenters. The Labute approximate surface area is 129 Å². The third kappa shape index (κ3) is 45.8. The number of rotatable bonds is 6. The number of aliphatic hydroxyl groups excluding tert-OH is 1. The molecule has 0 heterocycles. The van der Waals surface area contributed by atoms with E-state index in [1.54, 1.807) is 0 Å². The molecule has 0 aromatic carbocycles. The van der Waals surface area contributed by atoms with Crippen LogP contribution in [0.3, 0.4) is 0 Å². The van der Waals surface area contributed by atoms with E-state index in [9.17, 15) is 9.59 Å². The van der Waals surface area contributed by atoms with Gasteiger partial charge in [-0.3, -0.25) is 0 Å². The summed E-state index contributed by atoms with van der Waals surface area (Å²) in [4.78, 5) is 19.3. The number of aliphatic hydroxyl groups is 1. The van der Waals surface area contributed by atoms with Gasteiger partial charge in [0.1, 0.15) is 0 Å². The Bertz CT molecular complexity index is 305. The van der Waals surface area contributed by atoms with Gasteiger partial charge in [-0.1, -0.05) is 0 Å². The van der Waals surface area contributed by atoms with Gasteiger partial charge in [0.15, 0.2) is 0 Å². The van der Waals surface area contributed by atoms with E-state index in [-0.39, 0.29) is 6.61 Å². The molecule has 124 valence electrons. The zero-order valence-electron chi connectivity index (χ0n) is 12.2. The second-order valence-electron chi connectivity index (χ2n) is 3.51. The largest absolute Gasteiger partial charge is 0.478 e. The fourth-order valence-corrected chi connectivity index (χ4v) is 0.750. The molecule has 0 spiro atoms. The van der Waals surface area contributed by atoms with Crippen molar-refractivity contribution in [3.63, 3.8) is 0 Å². The molecule has 0 fully saturated rings. The van der Waals surface area contributed by atoms with E-state index < -0.39 is 11.9 Å². The number of carbonyl (C=O) groups is 2. The summed E-state index contributed by atoms with van der Waals surface area (Å²) in [6.07, 6.45) is 1.89. The Balaban J connectivity index is -0.000000231. The Morgan fingerprint density at radius 3 is 1.57 bits per heavy atom. The molecule has 0 aromatic rings. The number of carboxylic acid groups (broad SMARTS) is 2. The zero-order valence-corrected chi connectivity index (χ0v) is 13.0. The first-order chi connectivity index (χ1) is 9.67. The number of aliphatic carboxylic acids is 2. The van der Waals surface area contributed by atoms with Gasteiger partial charge >= 0.3 is 11.9 Å². The highest BCUT2D eigenvalue weighted by Crippen LogP contribution is 1.76. The lowest BCUT2D eigenvalue weighted by Gasteiger charge is -1.94. The van der Waals surface area contributed by atoms with E-state index in [0.29, 0.717) is 24.6 Å². The van der Waals surface area contributed by atoms with Gasteiger partial charge in [0.25, 0.3) is 0 Å². The zero-order chi connectivity index (χ0) is 17.3. The van der Waals surface area contributed by atoms with Crippen molar-refractivity contribution in [3.8, 4) is 0 Å². The van der Waals surface area contributed by atoms with Crippen molar-refractivity contribution in [2.75, 3.05) is 25.6 Å². The minimum atomic E-state index is -1.000. The van der Waals surface area contributed by atoms with Crippen LogP contribution in [0.25, 0.3) is 0 Å². The predicted octanol–water partition coefficient (Wildman–Crippen LogP) is -0.208. The average molecular weight is 324 g/mol. The van der Waals surface area contributed by atoms with Crippen molar-refractivity contribution < 1.29 is 29.6 Å². The number of nitrogens with two attached hydrogens (primary N) is 2. The number of hydrogen-bond donors (Lipinski definition) is 6. The fraction of sp³-hybridized carbons (Fsp3) is 0.500. The molecule has 9 heteroatoms. The molecule has 0 aliphatic carbocycles. The van der Waals surface area contributed by atoms with Gasteiger partial charge < -0.3 is 31.5 Å². The quantitative estimate of drug-likeness (QED) is 0.223. The van der Waals surface area contributed by atoms with Crippen LogP contribution >= 0.6 is 12.6 Å². The molecular formula is C12H24N2O6S. The van der Waals surface area contributed by atoms with Gasteiger partial charge in [0.2, 0.25) is 0 Å². The van der Waals surface area contributed by atoms with Crippen LogP contribution in [-0.4, -0.2) is 52.8 Å². The van der Waals surface area contributed by atoms with E-state index >= 15 is 0 Å². The first-order valence-corrected chi connectivity index (χ1v) is 6.43. The molecule has 0 radical (unpaired) electrons. The molecule has 7 N–H and O–H groups in total. The molecular weight excluding hydrogens is 300 g/mol. The maximum atomic E-state index is 9.65. The third-order valence-electron chi connectivity index (χ3n) is 1.17. The molecule has 21 heavy (non-hydrogen) atoms. The molecule has 0 saturated heterocycles. The fourth-order valence-electron chi connectivity index (χ4n) is 0.621. The van der Waals surface area contributed by atoms with Crippen LogP contribution in [0.5, 0.6) is 0 Å². The molecule has 0 amide bonds. The molecule has 0 aliphatic rings. The van der Waals surface area contributed by atoms with Crippen LogP contribution < -0.4 is 11.5 Å². The Hall–Kier alpha value is -1.71. The summed E-state index contributed by atoms with van der Waals surface area (Å²) < 4.78 is 4.81. The number of ether oxygens (including phenoxy) is 1. The highest BCUT2D eigenvalue weighted by atomic mass is 32.1. The molecule has 0 atom stereocenters. The first kappa shape index (κ1) is 24.3. The van der Waals surface area contributed by atoms with Gasteiger partial charge in [-0.05, 0) is 13.8 Å². The minimum Gasteiger partial charge on any atom is -0.478 e. The lowest BCUT2D eigenvalue weighted by Crippen LogP contribution is -2.00. The topological polar surface area (TPSA) is 156 Å². The molecule has 0 aromatic heterocycles. The van der Waals surface area contributed by atoms with Crippen molar-refractivity contribution in [1.82, 2.24) is 0 Å². The highest BCUT2D eigenvalue weighted by Gasteiger charge is 1.85. The van der Waals surface area contributed by atoms with Crippen LogP contribution in [0.1, 0.15) is 13.8 Å². The number of thiol groups is 1. The molecule has 0 bridgehead atoms. The van der Waals surface area contributed by atoms with Crippen molar-refractivity contribution >= 4 is 24.6 Å². The van der Waals surface area contributed by atoms with Gasteiger partial charge in [-0.2, -0.15) is 12.6 Å². The molecule has 0 saturated carbocycles. The van der Waals surface area contributed by atoms with Crippen molar-refractivity contribution in [2.24, 2.45) is 11.5 Å². The Morgan fingerprint density at radius 2 is 1.43 bits per heavy atom. The molecule has 8 nitrogen and oxygen atoms in total. The monoisotopic (exact) mass is 324 g/mol. The maximum absolute atomic E-state index is 9.65. The predicted molar refractivity (Wildman–Crippen MR) is 82.9 cm³/mol. The van der Waals surface area contributed by atoms with Crippen LogP contribution in [0.2, 0.25) is 0 Å². The SMILES string of the molecule is C/C(N)=C/C(=O)O.C/C(N)=C/C(=O)O.OCCOCCS. The Kier molecular flexibility index (Phi) is 21.2. The van der Waals surface area contributed by atoms with Crippen LogP contribution in [0.15, 0.2) is 23.5 Å². The summed E-state index contributed by atoms with van der Waals surface area (Å²) in [6.45, 7) is 4.21. The van der Waals surface area contributed by atoms with Gasteiger partial charge in [0.05, 0.1) is 19.8 Å². The molecule has 0 rings (SSSR count). The number of allylic oxidation sites excluding steroid dienone is 2. The summed E-state index contributed by atoms with van der Waals surface area (Å²) in [6, 6.07) is 0. The standard InChI is InChI=1S/2C4H7NO2.C4H10O2S/c2*1-3(5)2-4(6)7;5-1-2-6-3-4-7/h2*2H,5H2,1H3,(H,6,7);5,7H,1-4H2/b2*3-2-;. The summed E-state index contributed by atoms with van der Waals surface area (Å²) in [7, 11) is 0. The second kappa shape index (κ2) is 18.3. The van der Waals surface area contributed by atoms with Crippen LogP contribution in [0.4, 0.5) is 0 Å². The maximum Gasteiger partial charge on any atom is 0.330 e. The van der Waals surface area contributed by atoms with E-state index in [1.165, 1.54) is 13.8 Å². The normalized spacial score (nSPS) is 10.7. The first-order valence-electron chi connectivity index (χ1n) is 5.80. The average Bonchev–Trinajstić information content (AvgIpc) is 2.27. The lowest BCUT2D eigenvalue weighted by molar-refractivity contribution is -0.132. The smallest absolute Gasteiger partial charge is 0.330 e. The van der Waals surface area contributed by atoms with E-state index in [2.05, 4.69) is 12.6 Å². The van der Waals surface area contributed by atoms with Crippen molar-refractivity contribution in [3.05, 3.63) is 23.5 Å². The summed E-state index contributed by atoms with van der Waals surface area (Å²) in [5, 5.41) is 24.0. The highest BCUT2D eigenvalue weighted by molar-refractivity contribution is 7.80. The van der Waals surface area contributed by atoms with Crippen molar-refractivity contribution in [2.45, 2.75) is 13.8 Å². The van der Waals surface area contributed by atoms with Crippen LogP contribution in [-0.2, 0) is 14.3 Å². The van der Waals surface area contributed by atoms with E-state index in [1.807, 2.05) is 0 Å². The van der Waals surface area contributed by atoms with Gasteiger partial charge in [-0.15, -0.1) is 0 Å². The summed E-state index contributed by atoms with van der Waals surface area (Å²) in [5.41, 5.74) is 10.6.